The quantitative estimate of drug-likeness (QED) is 0.530. The minimum atomic E-state index is -4.39. The maximum absolute atomic E-state index is 13.8. The summed E-state index contributed by atoms with van der Waals surface area (Å²) >= 11 is 0. The predicted molar refractivity (Wildman–Crippen MR) is 121 cm³/mol. The largest absolute Gasteiger partial charge is 0.299 e. The van der Waals surface area contributed by atoms with Gasteiger partial charge in [0.15, 0.2) is 23.8 Å². The highest BCUT2D eigenvalue weighted by Gasteiger charge is 2.54. The van der Waals surface area contributed by atoms with Crippen molar-refractivity contribution in [2.45, 2.75) is 66.2 Å². The number of Topliss-reactive ketones (excluding diaryl/α,β-unsaturated/α-hetero) is 2. The number of benzene rings is 2. The van der Waals surface area contributed by atoms with Crippen LogP contribution in [-0.4, -0.2) is 32.5 Å². The van der Waals surface area contributed by atoms with Gasteiger partial charge in [-0.2, -0.15) is 0 Å². The van der Waals surface area contributed by atoms with Crippen LogP contribution in [0.5, 0.6) is 0 Å². The predicted octanol–water partition coefficient (Wildman–Crippen LogP) is 4.15. The van der Waals surface area contributed by atoms with Crippen molar-refractivity contribution in [2.24, 2.45) is 5.41 Å². The topological polar surface area (TPSA) is 102 Å². The number of carbonyl (C=O) groups is 2. The van der Waals surface area contributed by atoms with Crippen LogP contribution in [0.1, 0.15) is 52.4 Å². The van der Waals surface area contributed by atoms with E-state index < -0.39 is 29.2 Å². The molecule has 0 aromatic heterocycles. The molecule has 172 valence electrons. The van der Waals surface area contributed by atoms with Gasteiger partial charge in [-0.1, -0.05) is 42.8 Å². The van der Waals surface area contributed by atoms with E-state index in [1.165, 1.54) is 62.4 Å². The Kier molecular flexibility index (Phi) is 6.77. The van der Waals surface area contributed by atoms with Gasteiger partial charge in [-0.3, -0.25) is 9.59 Å². The third kappa shape index (κ3) is 3.94. The lowest BCUT2D eigenvalue weighted by atomic mass is 9.67. The molecular weight excluding hydrogens is 448 g/mol. The van der Waals surface area contributed by atoms with Crippen molar-refractivity contribution < 1.29 is 26.4 Å². The van der Waals surface area contributed by atoms with Crippen molar-refractivity contribution in [3.63, 3.8) is 0 Å². The molecule has 2 aromatic carbocycles. The smallest absolute Gasteiger partial charge is 0.198 e. The number of hydrogen-bond donors (Lipinski definition) is 0. The summed E-state index contributed by atoms with van der Waals surface area (Å²) in [5, 5.41) is 0. The van der Waals surface area contributed by atoms with Gasteiger partial charge in [-0.15, -0.1) is 0 Å². The van der Waals surface area contributed by atoms with E-state index in [0.29, 0.717) is 19.3 Å². The SMILES string of the molecule is CC(=O)C1(CCC(C)(S(=O)(=O)c2ccccc2)S(=O)(=O)c2ccccc2)CCCCC1=O. The molecule has 1 aliphatic carbocycles. The molecule has 0 N–H and O–H groups in total. The highest BCUT2D eigenvalue weighted by atomic mass is 32.3. The van der Waals surface area contributed by atoms with Gasteiger partial charge in [0, 0.05) is 6.42 Å². The first-order chi connectivity index (χ1) is 15.0. The minimum absolute atomic E-state index is 0.117. The Labute approximate surface area is 189 Å². The Bertz CT molecular complexity index is 1130. The standard InChI is InChI=1S/C24H28O6S2/c1-19(25)24(16-10-9-15-22(24)26)18-17-23(2,31(27,28)20-11-5-3-6-12-20)32(29,30)21-13-7-4-8-14-21/h3-8,11-14H,9-10,15-18H2,1-2H3. The normalized spacial score (nSPS) is 20.1. The first kappa shape index (κ1) is 24.3. The second-order valence-corrected chi connectivity index (χ2v) is 13.6. The first-order valence-corrected chi connectivity index (χ1v) is 13.6. The number of sulfone groups is 2. The van der Waals surface area contributed by atoms with E-state index in [1.807, 2.05) is 0 Å². The van der Waals surface area contributed by atoms with Gasteiger partial charge in [-0.05, 0) is 63.8 Å². The van der Waals surface area contributed by atoms with E-state index in [4.69, 9.17) is 0 Å². The van der Waals surface area contributed by atoms with Crippen molar-refractivity contribution >= 4 is 31.2 Å². The van der Waals surface area contributed by atoms with E-state index in [2.05, 4.69) is 0 Å². The minimum Gasteiger partial charge on any atom is -0.299 e. The van der Waals surface area contributed by atoms with Crippen LogP contribution in [0.3, 0.4) is 0 Å². The second kappa shape index (κ2) is 8.90. The monoisotopic (exact) mass is 476 g/mol. The molecule has 32 heavy (non-hydrogen) atoms. The molecule has 0 bridgehead atoms. The Morgan fingerprint density at radius 2 is 1.34 bits per heavy atom. The fourth-order valence-corrected chi connectivity index (χ4v) is 8.96. The summed E-state index contributed by atoms with van der Waals surface area (Å²) in [6.45, 7) is 2.52. The van der Waals surface area contributed by atoms with Crippen LogP contribution in [0.15, 0.2) is 70.5 Å². The summed E-state index contributed by atoms with van der Waals surface area (Å²) in [5.74, 6) is -0.563. The zero-order valence-electron chi connectivity index (χ0n) is 18.3. The van der Waals surface area contributed by atoms with Crippen LogP contribution in [0.25, 0.3) is 0 Å². The van der Waals surface area contributed by atoms with E-state index in [9.17, 15) is 26.4 Å². The molecule has 0 saturated heterocycles. The van der Waals surface area contributed by atoms with Crippen molar-refractivity contribution in [1.82, 2.24) is 0 Å². The van der Waals surface area contributed by atoms with Gasteiger partial charge in [0.05, 0.1) is 15.2 Å². The highest BCUT2D eigenvalue weighted by Crippen LogP contribution is 2.45. The lowest BCUT2D eigenvalue weighted by Gasteiger charge is -2.37. The van der Waals surface area contributed by atoms with Crippen LogP contribution in [0.4, 0.5) is 0 Å². The number of hydrogen-bond acceptors (Lipinski definition) is 6. The number of carbonyl (C=O) groups excluding carboxylic acids is 2. The molecule has 0 aliphatic heterocycles. The molecule has 2 aromatic rings. The number of rotatable bonds is 8. The van der Waals surface area contributed by atoms with Gasteiger partial charge in [-0.25, -0.2) is 16.8 Å². The molecule has 1 atom stereocenters. The van der Waals surface area contributed by atoms with E-state index in [1.54, 1.807) is 12.1 Å². The van der Waals surface area contributed by atoms with Gasteiger partial charge in [0.2, 0.25) is 0 Å². The van der Waals surface area contributed by atoms with Crippen LogP contribution < -0.4 is 0 Å². The number of ketones is 2. The molecule has 0 heterocycles. The van der Waals surface area contributed by atoms with Crippen LogP contribution in [0, 0.1) is 5.41 Å². The molecule has 1 aliphatic rings. The summed E-state index contributed by atoms with van der Waals surface area (Å²) < 4.78 is 52.8. The van der Waals surface area contributed by atoms with Gasteiger partial charge >= 0.3 is 0 Å². The average molecular weight is 477 g/mol. The van der Waals surface area contributed by atoms with Crippen molar-refractivity contribution in [1.29, 1.82) is 0 Å². The van der Waals surface area contributed by atoms with E-state index >= 15 is 0 Å². The molecule has 8 heteroatoms. The molecule has 0 spiro atoms. The Hall–Kier alpha value is -2.32. The van der Waals surface area contributed by atoms with Crippen molar-refractivity contribution in [2.75, 3.05) is 0 Å². The van der Waals surface area contributed by atoms with Crippen LogP contribution in [0.2, 0.25) is 0 Å². The van der Waals surface area contributed by atoms with Crippen LogP contribution in [-0.2, 0) is 29.3 Å². The second-order valence-electron chi connectivity index (χ2n) is 8.54. The molecule has 6 nitrogen and oxygen atoms in total. The summed E-state index contributed by atoms with van der Waals surface area (Å²) in [4.78, 5) is 25.1. The van der Waals surface area contributed by atoms with E-state index in [0.717, 1.165) is 0 Å². The zero-order chi connectivity index (χ0) is 23.6. The van der Waals surface area contributed by atoms with Gasteiger partial charge < -0.3 is 0 Å². The fourth-order valence-electron chi connectivity index (χ4n) is 4.46. The summed E-state index contributed by atoms with van der Waals surface area (Å²) in [6.07, 6.45) is 1.40. The average Bonchev–Trinajstić information content (AvgIpc) is 2.79. The lowest BCUT2D eigenvalue weighted by molar-refractivity contribution is -0.142. The third-order valence-corrected chi connectivity index (χ3v) is 12.5. The van der Waals surface area contributed by atoms with Crippen molar-refractivity contribution in [3.8, 4) is 0 Å². The zero-order valence-corrected chi connectivity index (χ0v) is 19.9. The summed E-state index contributed by atoms with van der Waals surface area (Å²) in [5.41, 5.74) is -1.34. The Morgan fingerprint density at radius 3 is 1.75 bits per heavy atom. The molecule has 1 unspecified atom stereocenters. The molecule has 1 saturated carbocycles. The molecule has 1 fully saturated rings. The maximum atomic E-state index is 13.8. The fraction of sp³-hybridized carbons (Fsp3) is 0.417. The van der Waals surface area contributed by atoms with Gasteiger partial charge in [0.1, 0.15) is 11.6 Å². The lowest BCUT2D eigenvalue weighted by Crippen LogP contribution is -2.47. The molecule has 0 amide bonds. The highest BCUT2D eigenvalue weighted by molar-refractivity contribution is 8.10. The first-order valence-electron chi connectivity index (χ1n) is 10.6. The van der Waals surface area contributed by atoms with Gasteiger partial charge in [0.25, 0.3) is 0 Å². The Balaban J connectivity index is 2.16. The molecular formula is C24H28O6S2. The molecule has 0 radical (unpaired) electrons. The molecule has 3 rings (SSSR count). The van der Waals surface area contributed by atoms with Crippen LogP contribution >= 0.6 is 0 Å². The maximum Gasteiger partial charge on any atom is 0.198 e. The summed E-state index contributed by atoms with van der Waals surface area (Å²) in [7, 11) is -8.78. The third-order valence-electron chi connectivity index (χ3n) is 6.71. The van der Waals surface area contributed by atoms with E-state index in [-0.39, 0.29) is 40.6 Å². The Morgan fingerprint density at radius 1 is 0.875 bits per heavy atom. The summed E-state index contributed by atoms with van der Waals surface area (Å²) in [6, 6.07) is 14.9. The van der Waals surface area contributed by atoms with Crippen molar-refractivity contribution in [3.05, 3.63) is 60.7 Å².